The molecule has 0 radical (unpaired) electrons. The Kier molecular flexibility index (Phi) is 9.58. The number of hydrogen-bond acceptors (Lipinski definition) is 11. The Morgan fingerprint density at radius 2 is 1.82 bits per heavy atom. The number of likely N-dealkylation sites (tertiary alicyclic amines) is 1. The van der Waals surface area contributed by atoms with E-state index in [4.69, 9.17) is 37.1 Å². The number of piperidine rings is 1. The molecule has 3 aromatic carbocycles. The van der Waals surface area contributed by atoms with Gasteiger partial charge in [0.2, 0.25) is 12.0 Å². The van der Waals surface area contributed by atoms with Crippen LogP contribution in [0.15, 0.2) is 65.6 Å². The van der Waals surface area contributed by atoms with Gasteiger partial charge in [-0.3, -0.25) is 14.4 Å². The van der Waals surface area contributed by atoms with Crippen LogP contribution in [0, 0.1) is 6.92 Å². The maximum absolute atomic E-state index is 14.3. The number of carbonyl (C=O) groups is 4. The molecule has 0 spiro atoms. The number of nitrogens with one attached hydrogen (secondary N) is 1. The Bertz CT molecular complexity index is 1790. The third-order valence-electron chi connectivity index (χ3n) is 9.43. The molecule has 6 rings (SSSR count). The summed E-state index contributed by atoms with van der Waals surface area (Å²) in [4.78, 5) is 55.0. The summed E-state index contributed by atoms with van der Waals surface area (Å²) in [6, 6.07) is 16.7. The van der Waals surface area contributed by atoms with Crippen molar-refractivity contribution in [1.82, 2.24) is 10.2 Å². The summed E-state index contributed by atoms with van der Waals surface area (Å²) in [6.07, 6.45) is -1.06. The van der Waals surface area contributed by atoms with Gasteiger partial charge in [-0.05, 0) is 72.4 Å². The van der Waals surface area contributed by atoms with Gasteiger partial charge in [0.1, 0.15) is 17.0 Å². The maximum Gasteiger partial charge on any atom is 0.405 e. The van der Waals surface area contributed by atoms with Gasteiger partial charge in [0.15, 0.2) is 5.78 Å². The number of para-hydroxylation sites is 1. The highest BCUT2D eigenvalue weighted by Gasteiger charge is 2.57. The monoisotopic (exact) mass is 688 g/mol. The highest BCUT2D eigenvalue weighted by molar-refractivity contribution is 8.01. The van der Waals surface area contributed by atoms with Crippen molar-refractivity contribution >= 4 is 41.1 Å². The van der Waals surface area contributed by atoms with Crippen LogP contribution < -0.4 is 33.0 Å². The van der Waals surface area contributed by atoms with Crippen LogP contribution in [0.3, 0.4) is 0 Å². The molecule has 0 saturated carbocycles. The summed E-state index contributed by atoms with van der Waals surface area (Å²) in [7, 11) is 1.38. The maximum atomic E-state index is 14.3. The second kappa shape index (κ2) is 13.7. The lowest BCUT2D eigenvalue weighted by Crippen LogP contribution is -2.61. The molecule has 14 heteroatoms. The number of rotatable bonds is 9. The molecular formula is C35H40N6O7S. The lowest BCUT2D eigenvalue weighted by atomic mass is 9.64. The minimum absolute atomic E-state index is 0.155. The van der Waals surface area contributed by atoms with Crippen LogP contribution in [0.4, 0.5) is 10.5 Å². The van der Waals surface area contributed by atoms with Gasteiger partial charge in [0.25, 0.3) is 5.91 Å². The first-order valence-electron chi connectivity index (χ1n) is 16.0. The van der Waals surface area contributed by atoms with Crippen LogP contribution in [0.2, 0.25) is 0 Å². The molecule has 1 saturated heterocycles. The number of anilines is 1. The Morgan fingerprint density at radius 1 is 1.08 bits per heavy atom. The molecule has 1 aliphatic carbocycles. The van der Waals surface area contributed by atoms with Crippen molar-refractivity contribution in [3.05, 3.63) is 82.9 Å². The van der Waals surface area contributed by atoms with Crippen molar-refractivity contribution in [3.8, 4) is 11.5 Å². The fourth-order valence-corrected chi connectivity index (χ4v) is 8.65. The molecular weight excluding hydrogens is 648 g/mol. The number of nitrogens with two attached hydrogens (primary N) is 4. The van der Waals surface area contributed by atoms with Crippen molar-refractivity contribution in [2.24, 2.45) is 17.2 Å². The summed E-state index contributed by atoms with van der Waals surface area (Å²) in [5, 5.41) is 2.30. The third kappa shape index (κ3) is 6.32. The van der Waals surface area contributed by atoms with E-state index in [1.165, 1.54) is 23.8 Å². The van der Waals surface area contributed by atoms with Gasteiger partial charge < -0.3 is 47.4 Å². The average Bonchev–Trinajstić information content (AvgIpc) is 3.49. The predicted octanol–water partition coefficient (Wildman–Crippen LogP) is 2.26. The van der Waals surface area contributed by atoms with Gasteiger partial charge in [-0.25, -0.2) is 4.79 Å². The molecule has 4 unspecified atom stereocenters. The van der Waals surface area contributed by atoms with Gasteiger partial charge in [-0.1, -0.05) is 30.3 Å². The third-order valence-corrected chi connectivity index (χ3v) is 10.9. The topological polar surface area (TPSA) is 215 Å². The van der Waals surface area contributed by atoms with Gasteiger partial charge in [-0.15, -0.1) is 11.8 Å². The van der Waals surface area contributed by atoms with E-state index in [2.05, 4.69) is 5.32 Å². The first kappa shape index (κ1) is 34.2. The number of nitrogen functional groups attached to an aromatic ring is 1. The van der Waals surface area contributed by atoms with Crippen LogP contribution in [0.1, 0.15) is 41.0 Å². The van der Waals surface area contributed by atoms with Crippen LogP contribution in [0.25, 0.3) is 0 Å². The second-order valence-corrected chi connectivity index (χ2v) is 13.8. The molecule has 2 aliphatic heterocycles. The minimum atomic E-state index is -1.59. The van der Waals surface area contributed by atoms with E-state index in [1.807, 2.05) is 43.3 Å². The van der Waals surface area contributed by atoms with Crippen LogP contribution in [0.5, 0.6) is 11.5 Å². The highest BCUT2D eigenvalue weighted by atomic mass is 32.2. The zero-order valence-electron chi connectivity index (χ0n) is 27.2. The van der Waals surface area contributed by atoms with Crippen molar-refractivity contribution < 1.29 is 33.4 Å². The SMILES string of the molecule is COC[C@H](OC(N)=O)C(=O)N1CCC[C@@H](NC(=O)C2Sc3c(N)ccc4c3C2C(N)C(=O)C4(N)c2ccc(Oc3ccccc3)cc2C)C1. The molecule has 2 heterocycles. The minimum Gasteiger partial charge on any atom is -0.457 e. The summed E-state index contributed by atoms with van der Waals surface area (Å²) < 4.78 is 16.0. The number of benzene rings is 3. The van der Waals surface area contributed by atoms with E-state index in [1.54, 1.807) is 24.3 Å². The molecule has 6 atom stereocenters. The number of ketones is 1. The predicted molar refractivity (Wildman–Crippen MR) is 183 cm³/mol. The van der Waals surface area contributed by atoms with Crippen molar-refractivity contribution in [2.45, 2.75) is 59.6 Å². The zero-order valence-corrected chi connectivity index (χ0v) is 28.0. The number of Topliss-reactive ketones (excluding diaryl/α,β-unsaturated/α-hetero) is 1. The fourth-order valence-electron chi connectivity index (χ4n) is 7.19. The number of methoxy groups -OCH3 is 1. The van der Waals surface area contributed by atoms with Crippen molar-refractivity contribution in [2.75, 3.05) is 32.5 Å². The number of ether oxygens (including phenoxy) is 3. The Hall–Kier alpha value is -4.63. The molecule has 3 aliphatic rings. The van der Waals surface area contributed by atoms with Crippen LogP contribution in [-0.2, 0) is 29.4 Å². The molecule has 0 aromatic heterocycles. The average molecular weight is 689 g/mol. The molecule has 3 aromatic rings. The lowest BCUT2D eigenvalue weighted by molar-refractivity contribution is -0.144. The number of amides is 3. The normalized spacial score (nSPS) is 24.9. The van der Waals surface area contributed by atoms with Gasteiger partial charge in [0, 0.05) is 42.7 Å². The van der Waals surface area contributed by atoms with E-state index in [0.717, 1.165) is 5.56 Å². The second-order valence-electron chi connectivity index (χ2n) is 12.6. The smallest absolute Gasteiger partial charge is 0.405 e. The van der Waals surface area contributed by atoms with E-state index < -0.39 is 52.7 Å². The molecule has 49 heavy (non-hydrogen) atoms. The number of primary amides is 1. The van der Waals surface area contributed by atoms with E-state index in [-0.39, 0.29) is 19.1 Å². The number of thioether (sulfide) groups is 1. The number of hydrogen-bond donors (Lipinski definition) is 5. The van der Waals surface area contributed by atoms with E-state index >= 15 is 0 Å². The Balaban J connectivity index is 1.25. The number of nitrogens with zero attached hydrogens (tertiary/aromatic N) is 1. The Labute approximate surface area is 288 Å². The summed E-state index contributed by atoms with van der Waals surface area (Å²) in [5.41, 5.74) is 26.9. The number of carbonyl (C=O) groups excluding carboxylic acids is 4. The van der Waals surface area contributed by atoms with E-state index in [0.29, 0.717) is 58.2 Å². The molecule has 9 N–H and O–H groups in total. The zero-order chi connectivity index (χ0) is 35.0. The molecule has 1 fully saturated rings. The van der Waals surface area contributed by atoms with Crippen molar-refractivity contribution in [3.63, 3.8) is 0 Å². The quantitative estimate of drug-likeness (QED) is 0.206. The summed E-state index contributed by atoms with van der Waals surface area (Å²) in [6.45, 7) is 2.31. The van der Waals surface area contributed by atoms with Gasteiger partial charge >= 0.3 is 6.09 Å². The van der Waals surface area contributed by atoms with Gasteiger partial charge in [-0.2, -0.15) is 0 Å². The molecule has 13 nitrogen and oxygen atoms in total. The fraction of sp³-hybridized carbons (Fsp3) is 0.371. The first-order valence-corrected chi connectivity index (χ1v) is 16.9. The lowest BCUT2D eigenvalue weighted by Gasteiger charge is -2.42. The molecule has 258 valence electrons. The largest absolute Gasteiger partial charge is 0.457 e. The number of aryl methyl sites for hydroxylation is 1. The first-order chi connectivity index (χ1) is 23.4. The highest BCUT2D eigenvalue weighted by Crippen LogP contribution is 2.56. The molecule has 0 bridgehead atoms. The van der Waals surface area contributed by atoms with Crippen LogP contribution >= 0.6 is 11.8 Å². The summed E-state index contributed by atoms with van der Waals surface area (Å²) in [5.74, 6) is -0.617. The van der Waals surface area contributed by atoms with E-state index in [9.17, 15) is 19.2 Å². The van der Waals surface area contributed by atoms with Crippen LogP contribution in [-0.4, -0.2) is 78.8 Å². The summed E-state index contributed by atoms with van der Waals surface area (Å²) >= 11 is 1.27. The Morgan fingerprint density at radius 3 is 2.51 bits per heavy atom. The standard InChI is InChI=1S/C35H40N6O7S/c1-18-15-21(47-20-8-4-3-5-9-20)10-11-22(18)35(39)23-12-13-24(36)29-26(23)27(28(37)31(35)42)30(49-29)32(43)40-19-7-6-14-41(16-19)33(44)25(17-46-2)48-34(38)45/h3-5,8-13,15,19,25,27-28,30H,6-7,14,16-17,36-37,39H2,1-2H3,(H2,38,45)(H,40,43)/t19-,25+,27?,28?,30?,35?/m1/s1. The van der Waals surface area contributed by atoms with Crippen molar-refractivity contribution in [1.29, 1.82) is 0 Å². The molecule has 3 amide bonds. The van der Waals surface area contributed by atoms with Gasteiger partial charge in [0.05, 0.1) is 17.9 Å².